The molecule has 6 nitrogen and oxygen atoms in total. The highest BCUT2D eigenvalue weighted by Crippen LogP contribution is 2.23. The van der Waals surface area contributed by atoms with E-state index in [2.05, 4.69) is 40.5 Å². The molecule has 0 saturated carbocycles. The van der Waals surface area contributed by atoms with Crippen molar-refractivity contribution in [2.75, 3.05) is 12.4 Å². The number of nitrogens with one attached hydrogen (secondary N) is 1. The summed E-state index contributed by atoms with van der Waals surface area (Å²) in [6.07, 6.45) is 2.49. The summed E-state index contributed by atoms with van der Waals surface area (Å²) in [5, 5.41) is 7.72. The van der Waals surface area contributed by atoms with Crippen LogP contribution in [-0.4, -0.2) is 44.0 Å². The zero-order valence-electron chi connectivity index (χ0n) is 15.3. The minimum atomic E-state index is 0.118. The minimum Gasteiger partial charge on any atom is -0.376 e. The van der Waals surface area contributed by atoms with Gasteiger partial charge in [-0.25, -0.2) is 4.98 Å². The third-order valence-corrected chi connectivity index (χ3v) is 5.49. The number of aromatic nitrogens is 4. The summed E-state index contributed by atoms with van der Waals surface area (Å²) in [5.74, 6) is 1.62. The number of carbonyl (C=O) groups is 1. The van der Waals surface area contributed by atoms with Crippen LogP contribution in [0.15, 0.2) is 11.2 Å². The van der Waals surface area contributed by atoms with Crippen LogP contribution in [0, 0.1) is 13.8 Å². The lowest BCUT2D eigenvalue weighted by Gasteiger charge is -2.14. The molecule has 0 spiro atoms. The lowest BCUT2D eigenvalue weighted by molar-refractivity contribution is 0.0957. The van der Waals surface area contributed by atoms with Crippen molar-refractivity contribution in [3.8, 4) is 0 Å². The highest BCUT2D eigenvalue weighted by atomic mass is 32.2. The second-order valence-corrected chi connectivity index (χ2v) is 7.84. The Bertz CT molecular complexity index is 744. The fraction of sp³-hybridized carbons (Fsp3) is 0.611. The standard InChI is InChI=1S/C18H26N4O2S/c1-11(2)17-19-18(21-20-17)25-10-16(23)15-8-12(3)22(13(15)4)9-14-6-5-7-24-14/h8,11,14H,5-7,9-10H2,1-4H3,(H,19,20,21)/t14-/m1/s1. The Balaban J connectivity index is 1.65. The largest absolute Gasteiger partial charge is 0.376 e. The summed E-state index contributed by atoms with van der Waals surface area (Å²) in [6, 6.07) is 1.99. The molecule has 0 aliphatic carbocycles. The lowest BCUT2D eigenvalue weighted by Crippen LogP contribution is -2.17. The molecule has 0 radical (unpaired) electrons. The second-order valence-electron chi connectivity index (χ2n) is 6.90. The number of H-pyrrole nitrogens is 1. The van der Waals surface area contributed by atoms with Crippen molar-refractivity contribution in [2.24, 2.45) is 0 Å². The van der Waals surface area contributed by atoms with Crippen molar-refractivity contribution in [3.63, 3.8) is 0 Å². The molecule has 2 aromatic rings. The Kier molecular flexibility index (Phi) is 5.64. The Morgan fingerprint density at radius 1 is 1.48 bits per heavy atom. The summed E-state index contributed by atoms with van der Waals surface area (Å²) in [5.41, 5.74) is 2.93. The first-order valence-corrected chi connectivity index (χ1v) is 9.81. The summed E-state index contributed by atoms with van der Waals surface area (Å²) >= 11 is 1.38. The number of hydrogen-bond acceptors (Lipinski definition) is 5. The normalized spacial score (nSPS) is 17.6. The van der Waals surface area contributed by atoms with E-state index in [1.807, 2.05) is 13.0 Å². The monoisotopic (exact) mass is 362 g/mol. The number of thioether (sulfide) groups is 1. The van der Waals surface area contributed by atoms with Gasteiger partial charge in [0.05, 0.1) is 11.9 Å². The fourth-order valence-electron chi connectivity index (χ4n) is 3.15. The van der Waals surface area contributed by atoms with Crippen LogP contribution in [-0.2, 0) is 11.3 Å². The van der Waals surface area contributed by atoms with Crippen molar-refractivity contribution in [1.29, 1.82) is 0 Å². The third-order valence-electron chi connectivity index (χ3n) is 4.65. The molecule has 1 N–H and O–H groups in total. The first-order valence-electron chi connectivity index (χ1n) is 8.82. The number of carbonyl (C=O) groups excluding carboxylic acids is 1. The van der Waals surface area contributed by atoms with E-state index in [1.165, 1.54) is 11.8 Å². The van der Waals surface area contributed by atoms with E-state index in [-0.39, 0.29) is 11.9 Å². The molecule has 0 bridgehead atoms. The highest BCUT2D eigenvalue weighted by Gasteiger charge is 2.21. The Labute approximate surface area is 152 Å². The molecule has 0 amide bonds. The number of Topliss-reactive ketones (excluding diaryl/α,β-unsaturated/α-hetero) is 1. The van der Waals surface area contributed by atoms with E-state index in [0.717, 1.165) is 48.8 Å². The fourth-order valence-corrected chi connectivity index (χ4v) is 3.83. The SMILES string of the molecule is Cc1cc(C(=O)CSc2n[nH]c(C(C)C)n2)c(C)n1C[C@H]1CCCO1. The number of hydrogen-bond donors (Lipinski definition) is 1. The third kappa shape index (κ3) is 4.15. The molecule has 1 fully saturated rings. The molecule has 136 valence electrons. The van der Waals surface area contributed by atoms with Gasteiger partial charge in [-0.2, -0.15) is 0 Å². The molecule has 1 aliphatic heterocycles. The quantitative estimate of drug-likeness (QED) is 0.603. The summed E-state index contributed by atoms with van der Waals surface area (Å²) in [7, 11) is 0. The number of nitrogens with zero attached hydrogens (tertiary/aromatic N) is 3. The molecular weight excluding hydrogens is 336 g/mol. The van der Waals surface area contributed by atoms with E-state index < -0.39 is 0 Å². The van der Waals surface area contributed by atoms with Gasteiger partial charge in [-0.1, -0.05) is 25.6 Å². The lowest BCUT2D eigenvalue weighted by atomic mass is 10.2. The van der Waals surface area contributed by atoms with Gasteiger partial charge < -0.3 is 9.30 Å². The highest BCUT2D eigenvalue weighted by molar-refractivity contribution is 7.99. The van der Waals surface area contributed by atoms with Crippen molar-refractivity contribution in [1.82, 2.24) is 19.7 Å². The van der Waals surface area contributed by atoms with Gasteiger partial charge in [-0.15, -0.1) is 5.10 Å². The van der Waals surface area contributed by atoms with E-state index in [0.29, 0.717) is 16.8 Å². The molecule has 2 aromatic heterocycles. The van der Waals surface area contributed by atoms with Crippen molar-refractivity contribution in [3.05, 3.63) is 28.8 Å². The molecule has 7 heteroatoms. The van der Waals surface area contributed by atoms with Crippen LogP contribution < -0.4 is 0 Å². The number of aromatic amines is 1. The van der Waals surface area contributed by atoms with E-state index in [4.69, 9.17) is 4.74 Å². The Hall–Kier alpha value is -1.60. The molecule has 0 unspecified atom stereocenters. The predicted molar refractivity (Wildman–Crippen MR) is 98.4 cm³/mol. The van der Waals surface area contributed by atoms with Crippen LogP contribution in [0.2, 0.25) is 0 Å². The first-order chi connectivity index (χ1) is 12.0. The van der Waals surface area contributed by atoms with Gasteiger partial charge in [0, 0.05) is 36.0 Å². The van der Waals surface area contributed by atoms with Crippen LogP contribution in [0.5, 0.6) is 0 Å². The topological polar surface area (TPSA) is 72.8 Å². The zero-order chi connectivity index (χ0) is 18.0. The van der Waals surface area contributed by atoms with Crippen molar-refractivity contribution < 1.29 is 9.53 Å². The molecule has 1 saturated heterocycles. The van der Waals surface area contributed by atoms with Gasteiger partial charge >= 0.3 is 0 Å². The van der Waals surface area contributed by atoms with Gasteiger partial charge in [-0.05, 0) is 32.8 Å². The van der Waals surface area contributed by atoms with Gasteiger partial charge in [-0.3, -0.25) is 9.89 Å². The summed E-state index contributed by atoms with van der Waals surface area (Å²) < 4.78 is 7.94. The smallest absolute Gasteiger partial charge is 0.208 e. The van der Waals surface area contributed by atoms with Crippen LogP contribution in [0.4, 0.5) is 0 Å². The zero-order valence-corrected chi connectivity index (χ0v) is 16.2. The first kappa shape index (κ1) is 18.2. The van der Waals surface area contributed by atoms with Crippen LogP contribution in [0.3, 0.4) is 0 Å². The van der Waals surface area contributed by atoms with Crippen LogP contribution in [0.25, 0.3) is 0 Å². The van der Waals surface area contributed by atoms with Gasteiger partial charge in [0.1, 0.15) is 5.82 Å². The number of rotatable bonds is 7. The van der Waals surface area contributed by atoms with Crippen LogP contribution >= 0.6 is 11.8 Å². The average molecular weight is 362 g/mol. The number of aryl methyl sites for hydroxylation is 1. The van der Waals surface area contributed by atoms with Gasteiger partial charge in [0.25, 0.3) is 0 Å². The van der Waals surface area contributed by atoms with Gasteiger partial charge in [0.15, 0.2) is 5.78 Å². The van der Waals surface area contributed by atoms with Crippen molar-refractivity contribution in [2.45, 2.75) is 64.3 Å². The van der Waals surface area contributed by atoms with Crippen molar-refractivity contribution >= 4 is 17.5 Å². The van der Waals surface area contributed by atoms with E-state index in [1.54, 1.807) is 0 Å². The maximum atomic E-state index is 12.7. The molecule has 25 heavy (non-hydrogen) atoms. The molecule has 0 aromatic carbocycles. The Morgan fingerprint density at radius 2 is 2.28 bits per heavy atom. The van der Waals surface area contributed by atoms with E-state index in [9.17, 15) is 4.79 Å². The minimum absolute atomic E-state index is 0.118. The molecule has 3 rings (SSSR count). The average Bonchev–Trinajstić information content (AvgIpc) is 3.30. The number of ether oxygens (including phenoxy) is 1. The van der Waals surface area contributed by atoms with Crippen LogP contribution in [0.1, 0.15) is 60.2 Å². The molecule has 1 atom stereocenters. The van der Waals surface area contributed by atoms with Gasteiger partial charge in [0.2, 0.25) is 5.16 Å². The summed E-state index contributed by atoms with van der Waals surface area (Å²) in [4.78, 5) is 17.1. The maximum absolute atomic E-state index is 12.7. The van der Waals surface area contributed by atoms with E-state index >= 15 is 0 Å². The summed E-state index contributed by atoms with van der Waals surface area (Å²) in [6.45, 7) is 9.86. The number of ketones is 1. The Morgan fingerprint density at radius 3 is 2.92 bits per heavy atom. The molecular formula is C18H26N4O2S. The predicted octanol–water partition coefficient (Wildman–Crippen LogP) is 3.50. The molecule has 1 aliphatic rings. The second kappa shape index (κ2) is 7.74. The maximum Gasteiger partial charge on any atom is 0.208 e. The molecule has 3 heterocycles.